The zero-order chi connectivity index (χ0) is 12.1. The Labute approximate surface area is 102 Å². The van der Waals surface area contributed by atoms with Gasteiger partial charge in [0.1, 0.15) is 6.67 Å². The molecule has 3 nitrogen and oxygen atoms in total. The van der Waals surface area contributed by atoms with Crippen molar-refractivity contribution in [2.24, 2.45) is 5.73 Å². The van der Waals surface area contributed by atoms with Gasteiger partial charge in [0.25, 0.3) is 0 Å². The molecule has 88 valence electrons. The Morgan fingerprint density at radius 1 is 1.56 bits per heavy atom. The van der Waals surface area contributed by atoms with Crippen molar-refractivity contribution in [1.82, 2.24) is 0 Å². The molecule has 0 amide bonds. The van der Waals surface area contributed by atoms with Gasteiger partial charge in [-0.2, -0.15) is 0 Å². The predicted molar refractivity (Wildman–Crippen MR) is 62.8 cm³/mol. The average molecular weight is 290 g/mol. The van der Waals surface area contributed by atoms with Crippen molar-refractivity contribution in [2.45, 2.75) is 25.6 Å². The van der Waals surface area contributed by atoms with Crippen molar-refractivity contribution in [3.05, 3.63) is 33.8 Å². The van der Waals surface area contributed by atoms with Crippen LogP contribution in [0.5, 0.6) is 0 Å². The van der Waals surface area contributed by atoms with Crippen molar-refractivity contribution >= 4 is 21.9 Å². The van der Waals surface area contributed by atoms with Crippen molar-refractivity contribution in [2.75, 3.05) is 0 Å². The van der Waals surface area contributed by atoms with Gasteiger partial charge in [0, 0.05) is 16.9 Å². The highest BCUT2D eigenvalue weighted by molar-refractivity contribution is 9.10. The van der Waals surface area contributed by atoms with Gasteiger partial charge in [-0.3, -0.25) is 4.79 Å². The molecule has 1 unspecified atom stereocenters. The quantitative estimate of drug-likeness (QED) is 0.876. The minimum atomic E-state index is -0.866. The molecule has 0 aromatic heterocycles. The molecule has 0 aliphatic carbocycles. The van der Waals surface area contributed by atoms with Gasteiger partial charge in [-0.1, -0.05) is 28.1 Å². The second-order valence-electron chi connectivity index (χ2n) is 3.52. The molecule has 1 aromatic rings. The highest BCUT2D eigenvalue weighted by Crippen LogP contribution is 2.24. The lowest BCUT2D eigenvalue weighted by Gasteiger charge is -2.12. The maximum absolute atomic E-state index is 12.4. The summed E-state index contributed by atoms with van der Waals surface area (Å²) in [6.45, 7) is -0.536. The Morgan fingerprint density at radius 3 is 2.75 bits per heavy atom. The molecule has 0 aliphatic rings. The van der Waals surface area contributed by atoms with Crippen LogP contribution in [0.25, 0.3) is 0 Å². The number of halogens is 2. The highest BCUT2D eigenvalue weighted by atomic mass is 79.9. The minimum Gasteiger partial charge on any atom is -0.481 e. The van der Waals surface area contributed by atoms with Crippen LogP contribution in [0.1, 0.15) is 30.0 Å². The molecule has 16 heavy (non-hydrogen) atoms. The first kappa shape index (κ1) is 13.1. The fourth-order valence-corrected chi connectivity index (χ4v) is 1.85. The standard InChI is InChI=1S/C11H13BrFNO2/c12-9-5-7(1-2-8(9)6-13)10(14)3-4-11(15)16/h1-2,5,10H,3-4,6,14H2,(H,15,16). The number of carbonyl (C=O) groups is 1. The van der Waals surface area contributed by atoms with Crippen LogP contribution in [0, 0.1) is 0 Å². The van der Waals surface area contributed by atoms with Crippen LogP contribution in [0.3, 0.4) is 0 Å². The number of nitrogens with two attached hydrogens (primary N) is 1. The third-order valence-electron chi connectivity index (χ3n) is 2.32. The first-order valence-corrected chi connectivity index (χ1v) is 5.65. The molecule has 1 aromatic carbocycles. The van der Waals surface area contributed by atoms with Crippen LogP contribution < -0.4 is 5.73 Å². The second kappa shape index (κ2) is 5.96. The van der Waals surface area contributed by atoms with Crippen LogP contribution in [-0.4, -0.2) is 11.1 Å². The topological polar surface area (TPSA) is 63.3 Å². The van der Waals surface area contributed by atoms with Gasteiger partial charge in [0.2, 0.25) is 0 Å². The average Bonchev–Trinajstić information content (AvgIpc) is 2.25. The molecule has 1 rings (SSSR count). The van der Waals surface area contributed by atoms with Gasteiger partial charge in [-0.15, -0.1) is 0 Å². The molecule has 5 heteroatoms. The van der Waals surface area contributed by atoms with Gasteiger partial charge in [0.05, 0.1) is 0 Å². The van der Waals surface area contributed by atoms with E-state index in [2.05, 4.69) is 15.9 Å². The van der Waals surface area contributed by atoms with Gasteiger partial charge in [-0.05, 0) is 23.6 Å². The van der Waals surface area contributed by atoms with Gasteiger partial charge < -0.3 is 10.8 Å². The first-order valence-electron chi connectivity index (χ1n) is 4.86. The summed E-state index contributed by atoms with van der Waals surface area (Å²) < 4.78 is 13.1. The van der Waals surface area contributed by atoms with E-state index >= 15 is 0 Å². The predicted octanol–water partition coefficient (Wildman–Crippen LogP) is 2.78. The number of hydrogen-bond donors (Lipinski definition) is 2. The third-order valence-corrected chi connectivity index (χ3v) is 3.06. The highest BCUT2D eigenvalue weighted by Gasteiger charge is 2.10. The lowest BCUT2D eigenvalue weighted by Crippen LogP contribution is -2.12. The SMILES string of the molecule is NC(CCC(=O)O)c1ccc(CF)c(Br)c1. The monoisotopic (exact) mass is 289 g/mol. The Morgan fingerprint density at radius 2 is 2.25 bits per heavy atom. The number of aliphatic carboxylic acids is 1. The molecule has 0 spiro atoms. The molecule has 0 bridgehead atoms. The maximum Gasteiger partial charge on any atom is 0.303 e. The molecular weight excluding hydrogens is 277 g/mol. The Balaban J connectivity index is 2.72. The molecule has 1 atom stereocenters. The number of alkyl halides is 1. The summed E-state index contributed by atoms with van der Waals surface area (Å²) in [5.41, 5.74) is 7.20. The molecule has 0 heterocycles. The molecule has 0 saturated heterocycles. The number of carboxylic acids is 1. The van der Waals surface area contributed by atoms with E-state index in [0.717, 1.165) is 5.56 Å². The van der Waals surface area contributed by atoms with E-state index < -0.39 is 12.6 Å². The molecule has 0 radical (unpaired) electrons. The Kier molecular flexibility index (Phi) is 4.89. The largest absolute Gasteiger partial charge is 0.481 e. The normalized spacial score (nSPS) is 12.4. The van der Waals surface area contributed by atoms with E-state index in [4.69, 9.17) is 10.8 Å². The van der Waals surface area contributed by atoms with E-state index in [1.165, 1.54) is 0 Å². The van der Waals surface area contributed by atoms with Crippen LogP contribution >= 0.6 is 15.9 Å². The fraction of sp³-hybridized carbons (Fsp3) is 0.364. The lowest BCUT2D eigenvalue weighted by atomic mass is 10.0. The fourth-order valence-electron chi connectivity index (χ4n) is 1.35. The third kappa shape index (κ3) is 3.57. The number of benzene rings is 1. The number of rotatable bonds is 5. The molecule has 0 saturated carbocycles. The molecule has 3 N–H and O–H groups in total. The van der Waals surface area contributed by atoms with Crippen molar-refractivity contribution < 1.29 is 14.3 Å². The summed E-state index contributed by atoms with van der Waals surface area (Å²) in [4.78, 5) is 10.4. The minimum absolute atomic E-state index is 0.0314. The van der Waals surface area contributed by atoms with Gasteiger partial charge in [0.15, 0.2) is 0 Å². The van der Waals surface area contributed by atoms with Crippen LogP contribution in [-0.2, 0) is 11.5 Å². The van der Waals surface area contributed by atoms with Crippen molar-refractivity contribution in [3.8, 4) is 0 Å². The maximum atomic E-state index is 12.4. The molecular formula is C11H13BrFNO2. The smallest absolute Gasteiger partial charge is 0.303 e. The zero-order valence-electron chi connectivity index (χ0n) is 8.62. The van der Waals surface area contributed by atoms with Crippen molar-refractivity contribution in [1.29, 1.82) is 0 Å². The first-order chi connectivity index (χ1) is 7.54. The van der Waals surface area contributed by atoms with Crippen LogP contribution in [0.2, 0.25) is 0 Å². The zero-order valence-corrected chi connectivity index (χ0v) is 10.2. The van der Waals surface area contributed by atoms with Gasteiger partial charge >= 0.3 is 5.97 Å². The van der Waals surface area contributed by atoms with E-state index in [0.29, 0.717) is 16.5 Å². The Hall–Kier alpha value is -0.940. The van der Waals surface area contributed by atoms with E-state index in [1.54, 1.807) is 18.2 Å². The Bertz CT molecular complexity index is 384. The summed E-state index contributed by atoms with van der Waals surface area (Å²) in [7, 11) is 0. The van der Waals surface area contributed by atoms with Crippen LogP contribution in [0.15, 0.2) is 22.7 Å². The summed E-state index contributed by atoms with van der Waals surface area (Å²) in [6.07, 6.45) is 0.403. The molecule has 0 fully saturated rings. The van der Waals surface area contributed by atoms with Crippen LogP contribution in [0.4, 0.5) is 4.39 Å². The summed E-state index contributed by atoms with van der Waals surface area (Å²) >= 11 is 3.24. The van der Waals surface area contributed by atoms with Gasteiger partial charge in [-0.25, -0.2) is 4.39 Å². The van der Waals surface area contributed by atoms with E-state index in [9.17, 15) is 9.18 Å². The van der Waals surface area contributed by atoms with E-state index in [-0.39, 0.29) is 12.5 Å². The summed E-state index contributed by atoms with van der Waals surface area (Å²) in [5.74, 6) is -0.866. The number of carboxylic acid groups (broad SMARTS) is 1. The second-order valence-corrected chi connectivity index (χ2v) is 4.38. The van der Waals surface area contributed by atoms with E-state index in [1.807, 2.05) is 0 Å². The number of hydrogen-bond acceptors (Lipinski definition) is 2. The molecule has 0 aliphatic heterocycles. The van der Waals surface area contributed by atoms with Crippen molar-refractivity contribution in [3.63, 3.8) is 0 Å². The summed E-state index contributed by atoms with van der Waals surface area (Å²) in [5, 5.41) is 8.53. The lowest BCUT2D eigenvalue weighted by molar-refractivity contribution is -0.137. The summed E-state index contributed by atoms with van der Waals surface area (Å²) in [6, 6.07) is 4.79.